The van der Waals surface area contributed by atoms with Crippen LogP contribution in [0.2, 0.25) is 0 Å². The summed E-state index contributed by atoms with van der Waals surface area (Å²) >= 11 is 0. The van der Waals surface area contributed by atoms with Crippen molar-refractivity contribution in [2.24, 2.45) is 10.9 Å². The zero-order chi connectivity index (χ0) is 21.3. The van der Waals surface area contributed by atoms with Gasteiger partial charge < -0.3 is 20.3 Å². The number of likely N-dealkylation sites (tertiary alicyclic amines) is 1. The number of pyridine rings is 1. The third kappa shape index (κ3) is 9.23. The van der Waals surface area contributed by atoms with Gasteiger partial charge >= 0.3 is 6.18 Å². The van der Waals surface area contributed by atoms with Crippen LogP contribution in [-0.2, 0) is 6.18 Å². The van der Waals surface area contributed by atoms with E-state index >= 15 is 0 Å². The second-order valence-electron chi connectivity index (χ2n) is 7.58. The first-order valence-corrected chi connectivity index (χ1v) is 10.2. The maximum absolute atomic E-state index is 13.0. The van der Waals surface area contributed by atoms with Crippen LogP contribution in [0.4, 0.5) is 13.2 Å². The van der Waals surface area contributed by atoms with Gasteiger partial charge in [-0.05, 0) is 37.8 Å². The van der Waals surface area contributed by atoms with Gasteiger partial charge in [-0.15, -0.1) is 24.0 Å². The minimum absolute atomic E-state index is 0. The lowest BCUT2D eigenvalue weighted by Gasteiger charge is -2.34. The molecular formula is C20H33F3IN5O. The average molecular weight is 543 g/mol. The van der Waals surface area contributed by atoms with Crippen LogP contribution in [0.5, 0.6) is 5.88 Å². The summed E-state index contributed by atoms with van der Waals surface area (Å²) in [6.45, 7) is 10.6. The smallest absolute Gasteiger partial charge is 0.421 e. The molecule has 1 aromatic heterocycles. The largest absolute Gasteiger partial charge is 0.475 e. The van der Waals surface area contributed by atoms with Crippen molar-refractivity contribution in [3.63, 3.8) is 0 Å². The number of alkyl halides is 3. The summed E-state index contributed by atoms with van der Waals surface area (Å²) in [5.74, 6) is 0.913. The Hall–Kier alpha value is -1.30. The molecule has 30 heavy (non-hydrogen) atoms. The molecule has 1 aliphatic rings. The van der Waals surface area contributed by atoms with E-state index in [4.69, 9.17) is 4.74 Å². The van der Waals surface area contributed by atoms with Crippen LogP contribution < -0.4 is 15.4 Å². The first-order valence-electron chi connectivity index (χ1n) is 10.2. The van der Waals surface area contributed by atoms with E-state index in [2.05, 4.69) is 39.4 Å². The minimum atomic E-state index is -4.49. The Morgan fingerprint density at radius 2 is 2.03 bits per heavy atom. The number of halogens is 4. The molecule has 2 N–H and O–H groups in total. The fourth-order valence-electron chi connectivity index (χ4n) is 3.31. The Morgan fingerprint density at radius 3 is 2.63 bits per heavy atom. The predicted molar refractivity (Wildman–Crippen MR) is 124 cm³/mol. The molecule has 0 saturated carbocycles. The first-order chi connectivity index (χ1) is 13.8. The molecule has 0 radical (unpaired) electrons. The zero-order valence-electron chi connectivity index (χ0n) is 17.8. The number of rotatable bonds is 8. The SMILES string of the molecule is CCNC(=NCCOc1ncccc1C(F)(F)F)NC1CCN(CC(C)C)CC1.I. The molecular weight excluding hydrogens is 510 g/mol. The molecule has 0 atom stereocenters. The van der Waals surface area contributed by atoms with Crippen molar-refractivity contribution in [2.75, 3.05) is 39.3 Å². The van der Waals surface area contributed by atoms with E-state index < -0.39 is 17.6 Å². The van der Waals surface area contributed by atoms with Crippen LogP contribution >= 0.6 is 24.0 Å². The van der Waals surface area contributed by atoms with Gasteiger partial charge in [0.25, 0.3) is 0 Å². The number of aromatic nitrogens is 1. The fourth-order valence-corrected chi connectivity index (χ4v) is 3.31. The molecule has 1 aliphatic heterocycles. The molecule has 2 rings (SSSR count). The summed E-state index contributed by atoms with van der Waals surface area (Å²) in [6.07, 6.45) is -1.13. The lowest BCUT2D eigenvalue weighted by Crippen LogP contribution is -2.49. The van der Waals surface area contributed by atoms with Gasteiger partial charge in [-0.1, -0.05) is 13.8 Å². The van der Waals surface area contributed by atoms with Crippen molar-refractivity contribution in [2.45, 2.75) is 45.8 Å². The molecule has 0 bridgehead atoms. The summed E-state index contributed by atoms with van der Waals surface area (Å²) in [4.78, 5) is 10.6. The highest BCUT2D eigenvalue weighted by atomic mass is 127. The second-order valence-corrected chi connectivity index (χ2v) is 7.58. The van der Waals surface area contributed by atoms with E-state index in [1.54, 1.807) is 0 Å². The Bertz CT molecular complexity index is 650. The van der Waals surface area contributed by atoms with Crippen LogP contribution in [-0.4, -0.2) is 61.2 Å². The van der Waals surface area contributed by atoms with Crippen molar-refractivity contribution >= 4 is 29.9 Å². The number of nitrogens with zero attached hydrogens (tertiary/aromatic N) is 3. The summed E-state index contributed by atoms with van der Waals surface area (Å²) in [5.41, 5.74) is -0.873. The van der Waals surface area contributed by atoms with Crippen molar-refractivity contribution < 1.29 is 17.9 Å². The average Bonchev–Trinajstić information content (AvgIpc) is 2.66. The Morgan fingerprint density at radius 1 is 1.33 bits per heavy atom. The Balaban J connectivity index is 0.00000450. The molecule has 1 aromatic rings. The van der Waals surface area contributed by atoms with E-state index in [1.165, 1.54) is 12.3 Å². The number of ether oxygens (including phenoxy) is 1. The number of aliphatic imine (C=N–C) groups is 1. The summed E-state index contributed by atoms with van der Waals surface area (Å²) in [7, 11) is 0. The highest BCUT2D eigenvalue weighted by Crippen LogP contribution is 2.34. The van der Waals surface area contributed by atoms with Crippen LogP contribution in [0.3, 0.4) is 0 Å². The number of guanidine groups is 1. The second kappa shape index (κ2) is 13.2. The van der Waals surface area contributed by atoms with E-state index in [-0.39, 0.29) is 37.1 Å². The number of hydrogen-bond acceptors (Lipinski definition) is 4. The molecule has 172 valence electrons. The van der Waals surface area contributed by atoms with E-state index in [0.717, 1.165) is 38.5 Å². The molecule has 1 saturated heterocycles. The molecule has 0 aliphatic carbocycles. The molecule has 10 heteroatoms. The molecule has 6 nitrogen and oxygen atoms in total. The van der Waals surface area contributed by atoms with Crippen molar-refractivity contribution in [1.29, 1.82) is 0 Å². The third-order valence-corrected chi connectivity index (χ3v) is 4.57. The van der Waals surface area contributed by atoms with E-state index in [0.29, 0.717) is 24.5 Å². The highest BCUT2D eigenvalue weighted by molar-refractivity contribution is 14.0. The van der Waals surface area contributed by atoms with Gasteiger partial charge in [-0.3, -0.25) is 0 Å². The zero-order valence-corrected chi connectivity index (χ0v) is 20.2. The highest BCUT2D eigenvalue weighted by Gasteiger charge is 2.35. The molecule has 0 aromatic carbocycles. The first kappa shape index (κ1) is 26.7. The van der Waals surface area contributed by atoms with Gasteiger partial charge in [-0.25, -0.2) is 9.98 Å². The van der Waals surface area contributed by atoms with Crippen LogP contribution in [0.15, 0.2) is 23.3 Å². The number of hydrogen-bond donors (Lipinski definition) is 2. The van der Waals surface area contributed by atoms with Crippen LogP contribution in [0, 0.1) is 5.92 Å². The maximum Gasteiger partial charge on any atom is 0.421 e. The fraction of sp³-hybridized carbons (Fsp3) is 0.700. The normalized spacial score (nSPS) is 16.3. The summed E-state index contributed by atoms with van der Waals surface area (Å²) < 4.78 is 44.2. The monoisotopic (exact) mass is 543 g/mol. The van der Waals surface area contributed by atoms with Gasteiger partial charge in [0, 0.05) is 38.4 Å². The van der Waals surface area contributed by atoms with Gasteiger partial charge in [0.1, 0.15) is 12.2 Å². The predicted octanol–water partition coefficient (Wildman–Crippen LogP) is 3.77. The van der Waals surface area contributed by atoms with Gasteiger partial charge in [0.2, 0.25) is 5.88 Å². The van der Waals surface area contributed by atoms with Crippen molar-refractivity contribution in [1.82, 2.24) is 20.5 Å². The van der Waals surface area contributed by atoms with Crippen LogP contribution in [0.1, 0.15) is 39.2 Å². The topological polar surface area (TPSA) is 61.8 Å². The molecule has 1 fully saturated rings. The van der Waals surface area contributed by atoms with Gasteiger partial charge in [0.05, 0.1) is 6.54 Å². The van der Waals surface area contributed by atoms with Crippen LogP contribution in [0.25, 0.3) is 0 Å². The third-order valence-electron chi connectivity index (χ3n) is 4.57. The Labute approximate surface area is 194 Å². The summed E-state index contributed by atoms with van der Waals surface area (Å²) in [6, 6.07) is 2.54. The van der Waals surface area contributed by atoms with Gasteiger partial charge in [0.15, 0.2) is 5.96 Å². The maximum atomic E-state index is 13.0. The lowest BCUT2D eigenvalue weighted by molar-refractivity contribution is -0.139. The van der Waals surface area contributed by atoms with Crippen molar-refractivity contribution in [3.05, 3.63) is 23.9 Å². The van der Waals surface area contributed by atoms with E-state index in [1.807, 2.05) is 6.92 Å². The minimum Gasteiger partial charge on any atom is -0.475 e. The van der Waals surface area contributed by atoms with Crippen molar-refractivity contribution in [3.8, 4) is 5.88 Å². The lowest BCUT2D eigenvalue weighted by atomic mass is 10.0. The van der Waals surface area contributed by atoms with Gasteiger partial charge in [-0.2, -0.15) is 13.2 Å². The Kier molecular flexibility index (Phi) is 11.7. The number of nitrogens with one attached hydrogen (secondary N) is 2. The molecule has 0 amide bonds. The van der Waals surface area contributed by atoms with E-state index in [9.17, 15) is 13.2 Å². The molecule has 2 heterocycles. The quantitative estimate of drug-likeness (QED) is 0.226. The molecule has 0 unspecified atom stereocenters. The summed E-state index contributed by atoms with van der Waals surface area (Å²) in [5, 5.41) is 6.61. The number of piperidine rings is 1. The molecule has 0 spiro atoms. The standard InChI is InChI=1S/C20H32F3N5O.HI/c1-4-24-19(27-16-7-11-28(12-8-16)14-15(2)3)26-10-13-29-18-17(20(21,22)23)6-5-9-25-18;/h5-6,9,15-16H,4,7-8,10-14H2,1-3H3,(H2,24,26,27);1H.